The van der Waals surface area contributed by atoms with Gasteiger partial charge in [-0.15, -0.1) is 0 Å². The zero-order chi connectivity index (χ0) is 12.4. The van der Waals surface area contributed by atoms with Crippen LogP contribution in [-0.4, -0.2) is 25.1 Å². The first-order valence-electron chi connectivity index (χ1n) is 5.41. The van der Waals surface area contributed by atoms with Crippen LogP contribution in [0.25, 0.3) is 23.1 Å². The van der Waals surface area contributed by atoms with Crippen LogP contribution in [0.2, 0.25) is 0 Å². The molecule has 18 heavy (non-hydrogen) atoms. The topological polar surface area (TPSA) is 90.7 Å². The lowest BCUT2D eigenvalue weighted by Gasteiger charge is -1.90. The van der Waals surface area contributed by atoms with E-state index in [4.69, 9.17) is 8.94 Å². The van der Waals surface area contributed by atoms with Crippen molar-refractivity contribution in [2.24, 2.45) is 0 Å². The summed E-state index contributed by atoms with van der Waals surface area (Å²) in [5, 5.41) is 3.85. The van der Waals surface area contributed by atoms with E-state index in [0.29, 0.717) is 35.3 Å². The molecule has 0 aromatic carbocycles. The maximum atomic E-state index is 5.22. The molecule has 0 unspecified atom stereocenters. The number of hydrogen-bond acceptors (Lipinski definition) is 7. The highest BCUT2D eigenvalue weighted by atomic mass is 16.5. The van der Waals surface area contributed by atoms with Crippen molar-refractivity contribution in [2.75, 3.05) is 0 Å². The van der Waals surface area contributed by atoms with Gasteiger partial charge in [-0.2, -0.15) is 4.98 Å². The maximum absolute atomic E-state index is 5.22. The third kappa shape index (κ3) is 1.75. The quantitative estimate of drug-likeness (QED) is 0.691. The van der Waals surface area contributed by atoms with Crippen LogP contribution >= 0.6 is 0 Å². The van der Waals surface area contributed by atoms with Gasteiger partial charge >= 0.3 is 0 Å². The lowest BCUT2D eigenvalue weighted by Crippen LogP contribution is -1.87. The molecule has 0 aliphatic heterocycles. The van der Waals surface area contributed by atoms with E-state index >= 15 is 0 Å². The fraction of sp³-hybridized carbons (Fsp3) is 0.182. The summed E-state index contributed by atoms with van der Waals surface area (Å²) in [5.41, 5.74) is 1.12. The van der Waals surface area contributed by atoms with E-state index in [1.54, 1.807) is 18.6 Å². The predicted octanol–water partition coefficient (Wildman–Crippen LogP) is 1.74. The molecule has 7 nitrogen and oxygen atoms in total. The molecule has 3 aromatic heterocycles. The minimum Gasteiger partial charge on any atom is -0.448 e. The minimum atomic E-state index is 0.321. The van der Waals surface area contributed by atoms with Gasteiger partial charge < -0.3 is 8.94 Å². The fourth-order valence-electron chi connectivity index (χ4n) is 1.53. The van der Waals surface area contributed by atoms with Crippen molar-refractivity contribution < 1.29 is 8.94 Å². The monoisotopic (exact) mass is 243 g/mol. The zero-order valence-electron chi connectivity index (χ0n) is 9.57. The van der Waals surface area contributed by atoms with E-state index in [1.807, 2.05) is 6.92 Å². The molecule has 0 spiro atoms. The average Bonchev–Trinajstić information content (AvgIpc) is 3.08. The van der Waals surface area contributed by atoms with Crippen molar-refractivity contribution in [3.63, 3.8) is 0 Å². The molecule has 90 valence electrons. The number of nitrogens with zero attached hydrogens (tertiary/aromatic N) is 5. The summed E-state index contributed by atoms with van der Waals surface area (Å²) < 4.78 is 10.4. The van der Waals surface area contributed by atoms with Crippen LogP contribution in [0.1, 0.15) is 12.7 Å². The third-order valence-corrected chi connectivity index (χ3v) is 2.38. The first-order chi connectivity index (χ1) is 8.88. The molecule has 0 aliphatic carbocycles. The predicted molar refractivity (Wildman–Crippen MR) is 60.2 cm³/mol. The van der Waals surface area contributed by atoms with Gasteiger partial charge in [0.15, 0.2) is 12.1 Å². The molecule has 0 bridgehead atoms. The second-order valence-corrected chi connectivity index (χ2v) is 3.49. The van der Waals surface area contributed by atoms with Crippen molar-refractivity contribution in [1.29, 1.82) is 0 Å². The van der Waals surface area contributed by atoms with Crippen LogP contribution in [0.3, 0.4) is 0 Å². The fourth-order valence-corrected chi connectivity index (χ4v) is 1.53. The summed E-state index contributed by atoms with van der Waals surface area (Å²) in [4.78, 5) is 16.3. The van der Waals surface area contributed by atoms with E-state index < -0.39 is 0 Å². The van der Waals surface area contributed by atoms with Gasteiger partial charge in [0.25, 0.3) is 5.89 Å². The molecule has 7 heteroatoms. The molecule has 0 radical (unpaired) electrons. The highest BCUT2D eigenvalue weighted by Gasteiger charge is 2.17. The number of rotatable bonds is 3. The Kier molecular flexibility index (Phi) is 2.56. The smallest absolute Gasteiger partial charge is 0.280 e. The molecule has 0 fully saturated rings. The molecule has 0 N–H and O–H groups in total. The van der Waals surface area contributed by atoms with Crippen LogP contribution in [0, 0.1) is 0 Å². The van der Waals surface area contributed by atoms with Gasteiger partial charge in [0.05, 0.1) is 6.20 Å². The van der Waals surface area contributed by atoms with Crippen molar-refractivity contribution in [2.45, 2.75) is 13.3 Å². The summed E-state index contributed by atoms with van der Waals surface area (Å²) in [5.74, 6) is 1.41. The number of aromatic nitrogens is 5. The Hall–Kier alpha value is -2.57. The number of hydrogen-bond donors (Lipinski definition) is 0. The SMILES string of the molecule is CCc1ocnc1-c1nc(-c2cnccn2)no1. The van der Waals surface area contributed by atoms with Crippen molar-refractivity contribution >= 4 is 0 Å². The second-order valence-electron chi connectivity index (χ2n) is 3.49. The highest BCUT2D eigenvalue weighted by Crippen LogP contribution is 2.22. The standard InChI is InChI=1S/C11H9N5O2/c1-2-8-9(14-6-17-8)11-15-10(16-18-11)7-5-12-3-4-13-7/h3-6H,2H2,1H3. The molecule has 0 atom stereocenters. The number of oxazole rings is 1. The molecular formula is C11H9N5O2. The lowest BCUT2D eigenvalue weighted by atomic mass is 10.3. The van der Waals surface area contributed by atoms with Gasteiger partial charge in [0.1, 0.15) is 11.5 Å². The Morgan fingerprint density at radius 1 is 1.22 bits per heavy atom. The van der Waals surface area contributed by atoms with Crippen molar-refractivity contribution in [1.82, 2.24) is 25.1 Å². The maximum Gasteiger partial charge on any atom is 0.280 e. The van der Waals surface area contributed by atoms with Gasteiger partial charge in [-0.3, -0.25) is 4.98 Å². The highest BCUT2D eigenvalue weighted by molar-refractivity contribution is 5.54. The van der Waals surface area contributed by atoms with Crippen LogP contribution in [-0.2, 0) is 6.42 Å². The third-order valence-electron chi connectivity index (χ3n) is 2.38. The normalized spacial score (nSPS) is 10.7. The summed E-state index contributed by atoms with van der Waals surface area (Å²) in [7, 11) is 0. The van der Waals surface area contributed by atoms with Gasteiger partial charge in [-0.1, -0.05) is 12.1 Å². The van der Waals surface area contributed by atoms with E-state index in [1.165, 1.54) is 6.39 Å². The molecule has 0 amide bonds. The Balaban J connectivity index is 2.00. The average molecular weight is 243 g/mol. The van der Waals surface area contributed by atoms with E-state index in [0.717, 1.165) is 0 Å². The van der Waals surface area contributed by atoms with E-state index in [9.17, 15) is 0 Å². The summed E-state index contributed by atoms with van der Waals surface area (Å²) in [6.07, 6.45) is 6.78. The lowest BCUT2D eigenvalue weighted by molar-refractivity contribution is 0.429. The van der Waals surface area contributed by atoms with Crippen LogP contribution < -0.4 is 0 Å². The number of aryl methyl sites for hydroxylation is 1. The Labute approximate surface area is 102 Å². The Bertz CT molecular complexity index is 646. The Morgan fingerprint density at radius 2 is 2.17 bits per heavy atom. The summed E-state index contributed by atoms with van der Waals surface area (Å²) >= 11 is 0. The van der Waals surface area contributed by atoms with E-state index in [-0.39, 0.29) is 0 Å². The molecule has 3 rings (SSSR count). The molecule has 0 saturated carbocycles. The minimum absolute atomic E-state index is 0.321. The van der Waals surface area contributed by atoms with Crippen molar-refractivity contribution in [3.05, 3.63) is 30.7 Å². The van der Waals surface area contributed by atoms with Gasteiger partial charge in [0, 0.05) is 18.8 Å². The summed E-state index contributed by atoms with van der Waals surface area (Å²) in [6.45, 7) is 1.96. The van der Waals surface area contributed by atoms with Crippen LogP contribution in [0.4, 0.5) is 0 Å². The van der Waals surface area contributed by atoms with Crippen LogP contribution in [0.15, 0.2) is 33.9 Å². The molecule has 0 saturated heterocycles. The molecule has 0 aliphatic rings. The Morgan fingerprint density at radius 3 is 2.94 bits per heavy atom. The first kappa shape index (κ1) is 10.6. The zero-order valence-corrected chi connectivity index (χ0v) is 9.57. The second kappa shape index (κ2) is 4.36. The van der Waals surface area contributed by atoms with Crippen molar-refractivity contribution in [3.8, 4) is 23.1 Å². The van der Waals surface area contributed by atoms with Gasteiger partial charge in [-0.25, -0.2) is 9.97 Å². The summed E-state index contributed by atoms with van der Waals surface area (Å²) in [6, 6.07) is 0. The van der Waals surface area contributed by atoms with Gasteiger partial charge in [-0.05, 0) is 0 Å². The molecule has 3 aromatic rings. The molecular weight excluding hydrogens is 234 g/mol. The van der Waals surface area contributed by atoms with Crippen LogP contribution in [0.5, 0.6) is 0 Å². The largest absolute Gasteiger partial charge is 0.448 e. The van der Waals surface area contributed by atoms with Gasteiger partial charge in [0.2, 0.25) is 5.82 Å². The molecule has 3 heterocycles. The first-order valence-corrected chi connectivity index (χ1v) is 5.41. The van der Waals surface area contributed by atoms with E-state index in [2.05, 4.69) is 25.1 Å².